The number of nitrogens with zero attached hydrogens (tertiary/aromatic N) is 1. The Morgan fingerprint density at radius 2 is 1.60 bits per heavy atom. The molecule has 0 fully saturated rings. The lowest BCUT2D eigenvalue weighted by molar-refractivity contribution is -0.119. The highest BCUT2D eigenvalue weighted by atomic mass is 32.2. The van der Waals surface area contributed by atoms with Crippen LogP contribution in [0.2, 0.25) is 0 Å². The van der Waals surface area contributed by atoms with Crippen LogP contribution in [0.5, 0.6) is 11.5 Å². The summed E-state index contributed by atoms with van der Waals surface area (Å²) in [6.07, 6.45) is -0.00254. The Morgan fingerprint density at radius 1 is 0.943 bits per heavy atom. The molecule has 1 N–H and O–H groups in total. The molecule has 3 aromatic rings. The molecule has 1 amide bonds. The SMILES string of the molecule is COc1cc(CNC(=O)CN(c2cc(C)cc(C)c2)S(=O)(=O)c2ccccc2)ccc1OC(C)C. The number of ether oxygens (including phenoxy) is 2. The number of anilines is 1. The van der Waals surface area contributed by atoms with Crippen molar-refractivity contribution in [2.45, 2.75) is 45.2 Å². The Morgan fingerprint density at radius 3 is 2.20 bits per heavy atom. The van der Waals surface area contributed by atoms with E-state index in [1.807, 2.05) is 39.8 Å². The third-order valence-corrected chi connectivity index (χ3v) is 6.98. The highest BCUT2D eigenvalue weighted by Crippen LogP contribution is 2.29. The number of aryl methyl sites for hydroxylation is 2. The summed E-state index contributed by atoms with van der Waals surface area (Å²) in [4.78, 5) is 13.1. The van der Waals surface area contributed by atoms with Gasteiger partial charge in [0.15, 0.2) is 11.5 Å². The van der Waals surface area contributed by atoms with E-state index in [0.717, 1.165) is 21.0 Å². The quantitative estimate of drug-likeness (QED) is 0.443. The third kappa shape index (κ3) is 6.76. The monoisotopic (exact) mass is 496 g/mol. The van der Waals surface area contributed by atoms with E-state index in [2.05, 4.69) is 5.32 Å². The molecule has 0 aliphatic heterocycles. The Kier molecular flexibility index (Phi) is 8.40. The topological polar surface area (TPSA) is 84.9 Å². The Labute approximate surface area is 207 Å². The van der Waals surface area contributed by atoms with Crippen molar-refractivity contribution in [3.05, 3.63) is 83.4 Å². The number of sulfonamides is 1. The predicted octanol–water partition coefficient (Wildman–Crippen LogP) is 4.61. The first-order chi connectivity index (χ1) is 16.6. The van der Waals surface area contributed by atoms with Crippen LogP contribution in [0.1, 0.15) is 30.5 Å². The van der Waals surface area contributed by atoms with Crippen molar-refractivity contribution in [1.82, 2.24) is 5.32 Å². The summed E-state index contributed by atoms with van der Waals surface area (Å²) in [6, 6.07) is 19.0. The number of rotatable bonds is 10. The first-order valence-electron chi connectivity index (χ1n) is 11.4. The number of amides is 1. The van der Waals surface area contributed by atoms with Crippen LogP contribution in [0.4, 0.5) is 5.69 Å². The average molecular weight is 497 g/mol. The van der Waals surface area contributed by atoms with Crippen molar-refractivity contribution in [2.24, 2.45) is 0 Å². The fourth-order valence-electron chi connectivity index (χ4n) is 3.69. The summed E-state index contributed by atoms with van der Waals surface area (Å²) in [5, 5.41) is 2.82. The van der Waals surface area contributed by atoms with Gasteiger partial charge in [0.25, 0.3) is 10.0 Å². The van der Waals surface area contributed by atoms with Gasteiger partial charge in [-0.25, -0.2) is 8.42 Å². The molecule has 3 aromatic carbocycles. The molecule has 0 atom stereocenters. The van der Waals surface area contributed by atoms with Crippen LogP contribution in [0, 0.1) is 13.8 Å². The molecule has 0 saturated heterocycles. The number of methoxy groups -OCH3 is 1. The van der Waals surface area contributed by atoms with Crippen LogP contribution in [0.25, 0.3) is 0 Å². The molecule has 0 heterocycles. The minimum atomic E-state index is -3.96. The van der Waals surface area contributed by atoms with Crippen LogP contribution >= 0.6 is 0 Å². The first kappa shape index (κ1) is 26.1. The van der Waals surface area contributed by atoms with Crippen LogP contribution in [0.15, 0.2) is 71.6 Å². The molecule has 0 radical (unpaired) electrons. The molecule has 0 aliphatic carbocycles. The smallest absolute Gasteiger partial charge is 0.264 e. The van der Waals surface area contributed by atoms with Crippen LogP contribution in [-0.4, -0.2) is 34.1 Å². The van der Waals surface area contributed by atoms with E-state index in [1.54, 1.807) is 49.6 Å². The second-order valence-corrected chi connectivity index (χ2v) is 10.5. The maximum atomic E-state index is 13.5. The van der Waals surface area contributed by atoms with Crippen molar-refractivity contribution in [1.29, 1.82) is 0 Å². The molecule has 186 valence electrons. The molecule has 0 saturated carbocycles. The average Bonchev–Trinajstić information content (AvgIpc) is 2.81. The maximum absolute atomic E-state index is 13.5. The molecule has 35 heavy (non-hydrogen) atoms. The standard InChI is InChI=1S/C27H32N2O5S/c1-19(2)34-25-12-11-22(16-26(25)33-5)17-28-27(30)18-29(23-14-20(3)13-21(4)15-23)35(31,32)24-9-7-6-8-10-24/h6-16,19H,17-18H2,1-5H3,(H,28,30). The molecule has 3 rings (SSSR count). The lowest BCUT2D eigenvalue weighted by atomic mass is 10.1. The normalized spacial score (nSPS) is 11.3. The van der Waals surface area contributed by atoms with Crippen molar-refractivity contribution in [2.75, 3.05) is 18.0 Å². The Bertz CT molecular complexity index is 1250. The number of carbonyl (C=O) groups excluding carboxylic acids is 1. The molecule has 7 nitrogen and oxygen atoms in total. The fourth-order valence-corrected chi connectivity index (χ4v) is 5.12. The highest BCUT2D eigenvalue weighted by Gasteiger charge is 2.27. The predicted molar refractivity (Wildman–Crippen MR) is 137 cm³/mol. The zero-order valence-corrected chi connectivity index (χ0v) is 21.6. The number of hydrogen-bond acceptors (Lipinski definition) is 5. The summed E-state index contributed by atoms with van der Waals surface area (Å²) in [5.41, 5.74) is 3.06. The molecule has 0 bridgehead atoms. The summed E-state index contributed by atoms with van der Waals surface area (Å²) in [6.45, 7) is 7.50. The lowest BCUT2D eigenvalue weighted by Crippen LogP contribution is -2.40. The summed E-state index contributed by atoms with van der Waals surface area (Å²) in [7, 11) is -2.40. The van der Waals surface area contributed by atoms with Gasteiger partial charge in [0.2, 0.25) is 5.91 Å². The first-order valence-corrected chi connectivity index (χ1v) is 12.8. The Balaban J connectivity index is 1.82. The van der Waals surface area contributed by atoms with Crippen LogP contribution in [0.3, 0.4) is 0 Å². The van der Waals surface area contributed by atoms with Gasteiger partial charge in [-0.1, -0.05) is 30.3 Å². The fraction of sp³-hybridized carbons (Fsp3) is 0.296. The maximum Gasteiger partial charge on any atom is 0.264 e. The van der Waals surface area contributed by atoms with Gasteiger partial charge in [0.05, 0.1) is 23.8 Å². The second-order valence-electron chi connectivity index (χ2n) is 8.60. The molecule has 0 unspecified atom stereocenters. The third-order valence-electron chi connectivity index (χ3n) is 5.19. The van der Waals surface area contributed by atoms with E-state index < -0.39 is 15.9 Å². The van der Waals surface area contributed by atoms with E-state index >= 15 is 0 Å². The van der Waals surface area contributed by atoms with E-state index in [9.17, 15) is 13.2 Å². The van der Waals surface area contributed by atoms with E-state index in [4.69, 9.17) is 9.47 Å². The largest absolute Gasteiger partial charge is 0.493 e. The summed E-state index contributed by atoms with van der Waals surface area (Å²) >= 11 is 0. The van der Waals surface area contributed by atoms with Crippen LogP contribution in [-0.2, 0) is 21.4 Å². The zero-order valence-electron chi connectivity index (χ0n) is 20.7. The number of carbonyl (C=O) groups is 1. The van der Waals surface area contributed by atoms with Gasteiger partial charge in [-0.3, -0.25) is 9.10 Å². The van der Waals surface area contributed by atoms with E-state index in [1.165, 1.54) is 12.1 Å². The molecular weight excluding hydrogens is 464 g/mol. The van der Waals surface area contributed by atoms with Crippen LogP contribution < -0.4 is 19.1 Å². The molecule has 8 heteroatoms. The number of hydrogen-bond donors (Lipinski definition) is 1. The van der Waals surface area contributed by atoms with Gasteiger partial charge in [-0.15, -0.1) is 0 Å². The van der Waals surface area contributed by atoms with Gasteiger partial charge in [-0.2, -0.15) is 0 Å². The van der Waals surface area contributed by atoms with Gasteiger partial charge < -0.3 is 14.8 Å². The van der Waals surface area contributed by atoms with Gasteiger partial charge in [0, 0.05) is 6.54 Å². The van der Waals surface area contributed by atoms with Crippen molar-refractivity contribution in [3.63, 3.8) is 0 Å². The highest BCUT2D eigenvalue weighted by molar-refractivity contribution is 7.92. The molecular formula is C27H32N2O5S. The van der Waals surface area contributed by atoms with Gasteiger partial charge in [0.1, 0.15) is 6.54 Å². The summed E-state index contributed by atoms with van der Waals surface area (Å²) in [5.74, 6) is 0.756. The summed E-state index contributed by atoms with van der Waals surface area (Å²) < 4.78 is 39.3. The van der Waals surface area contributed by atoms with Crippen molar-refractivity contribution >= 4 is 21.6 Å². The number of benzene rings is 3. The van der Waals surface area contributed by atoms with Gasteiger partial charge in [-0.05, 0) is 80.8 Å². The van der Waals surface area contributed by atoms with Gasteiger partial charge >= 0.3 is 0 Å². The Hall–Kier alpha value is -3.52. The molecule has 0 aliphatic rings. The van der Waals surface area contributed by atoms with E-state index in [0.29, 0.717) is 17.2 Å². The molecule has 0 aromatic heterocycles. The second kappa shape index (κ2) is 11.3. The van der Waals surface area contributed by atoms with Crippen molar-refractivity contribution < 1.29 is 22.7 Å². The zero-order chi connectivity index (χ0) is 25.6. The number of nitrogens with one attached hydrogen (secondary N) is 1. The van der Waals surface area contributed by atoms with E-state index in [-0.39, 0.29) is 24.1 Å². The lowest BCUT2D eigenvalue weighted by Gasteiger charge is -2.25. The van der Waals surface area contributed by atoms with Crippen molar-refractivity contribution in [3.8, 4) is 11.5 Å². The minimum Gasteiger partial charge on any atom is -0.493 e. The molecule has 0 spiro atoms. The minimum absolute atomic E-state index is 0.00254.